The van der Waals surface area contributed by atoms with Crippen molar-refractivity contribution in [2.75, 3.05) is 11.9 Å². The molecule has 26 heavy (non-hydrogen) atoms. The molecule has 1 aliphatic rings. The Kier molecular flexibility index (Phi) is 6.42. The van der Waals surface area contributed by atoms with Gasteiger partial charge in [0.25, 0.3) is 0 Å². The van der Waals surface area contributed by atoms with Crippen LogP contribution in [-0.4, -0.2) is 29.9 Å². The fourth-order valence-electron chi connectivity index (χ4n) is 2.89. The van der Waals surface area contributed by atoms with Crippen LogP contribution in [0, 0.1) is 5.41 Å². The molecule has 1 aromatic carbocycles. The van der Waals surface area contributed by atoms with E-state index in [0.29, 0.717) is 28.5 Å². The van der Waals surface area contributed by atoms with Crippen molar-refractivity contribution in [2.24, 2.45) is 5.41 Å². The molecule has 2 N–H and O–H groups in total. The van der Waals surface area contributed by atoms with Gasteiger partial charge in [-0.25, -0.2) is 0 Å². The second-order valence-corrected chi connectivity index (χ2v) is 8.08. The van der Waals surface area contributed by atoms with E-state index in [2.05, 4.69) is 31.4 Å². The molecule has 2 rings (SSSR count). The van der Waals surface area contributed by atoms with Crippen molar-refractivity contribution in [3.8, 4) is 0 Å². The van der Waals surface area contributed by atoms with Crippen molar-refractivity contribution in [3.05, 3.63) is 41.1 Å². The lowest BCUT2D eigenvalue weighted by molar-refractivity contribution is -0.122. The highest BCUT2D eigenvalue weighted by Gasteiger charge is 2.37. The molecular formula is C19H24ClN3O2S. The average molecular weight is 394 g/mol. The number of anilines is 1. The molecule has 1 aromatic rings. The Morgan fingerprint density at radius 1 is 1.31 bits per heavy atom. The molecule has 0 aromatic heterocycles. The van der Waals surface area contributed by atoms with E-state index in [9.17, 15) is 9.59 Å². The third-order valence-corrected chi connectivity index (χ3v) is 4.69. The maximum atomic E-state index is 12.7. The highest BCUT2D eigenvalue weighted by Crippen LogP contribution is 2.28. The SMILES string of the molecule is CNC(=CC(=S)NC(=O)[C@@H]1CCC(=O)N1c1ccc(Cl)cc1)C(C)(C)C. The van der Waals surface area contributed by atoms with E-state index in [1.165, 1.54) is 4.90 Å². The van der Waals surface area contributed by atoms with Gasteiger partial charge in [-0.1, -0.05) is 44.6 Å². The van der Waals surface area contributed by atoms with E-state index in [0.717, 1.165) is 5.70 Å². The molecule has 0 saturated carbocycles. The van der Waals surface area contributed by atoms with E-state index in [1.54, 1.807) is 30.3 Å². The fourth-order valence-corrected chi connectivity index (χ4v) is 3.24. The zero-order valence-electron chi connectivity index (χ0n) is 15.4. The molecule has 0 bridgehead atoms. The van der Waals surface area contributed by atoms with Gasteiger partial charge < -0.3 is 10.6 Å². The minimum atomic E-state index is -0.581. The summed E-state index contributed by atoms with van der Waals surface area (Å²) in [4.78, 5) is 26.8. The lowest BCUT2D eigenvalue weighted by Gasteiger charge is -2.25. The van der Waals surface area contributed by atoms with E-state index >= 15 is 0 Å². The standard InChI is InChI=1S/C19H24ClN3O2S/c1-19(2,3)15(21-4)11-16(26)22-18(25)14-9-10-17(24)23(14)13-7-5-12(20)6-8-13/h5-8,11,14,21H,9-10H2,1-4H3,(H,22,25,26)/t14-/m0/s1. The van der Waals surface area contributed by atoms with Crippen LogP contribution in [0.2, 0.25) is 5.02 Å². The molecule has 1 aliphatic heterocycles. The lowest BCUT2D eigenvalue weighted by atomic mass is 9.91. The Bertz CT molecular complexity index is 738. The molecule has 0 radical (unpaired) electrons. The normalized spacial score (nSPS) is 18.0. The Balaban J connectivity index is 2.15. The summed E-state index contributed by atoms with van der Waals surface area (Å²) in [5.41, 5.74) is 1.45. The first-order valence-electron chi connectivity index (χ1n) is 8.46. The lowest BCUT2D eigenvalue weighted by Crippen LogP contribution is -2.46. The van der Waals surface area contributed by atoms with Crippen LogP contribution in [0.1, 0.15) is 33.6 Å². The minimum Gasteiger partial charge on any atom is -0.391 e. The molecule has 2 amide bonds. The molecule has 0 aliphatic carbocycles. The Morgan fingerprint density at radius 2 is 1.92 bits per heavy atom. The summed E-state index contributed by atoms with van der Waals surface area (Å²) in [6.07, 6.45) is 2.53. The monoisotopic (exact) mass is 393 g/mol. The zero-order chi connectivity index (χ0) is 19.5. The molecule has 140 valence electrons. The first-order valence-corrected chi connectivity index (χ1v) is 9.24. The van der Waals surface area contributed by atoms with Crippen molar-refractivity contribution in [2.45, 2.75) is 39.7 Å². The fraction of sp³-hybridized carbons (Fsp3) is 0.421. The average Bonchev–Trinajstić information content (AvgIpc) is 2.94. The number of amides is 2. The molecule has 7 heteroatoms. The quantitative estimate of drug-likeness (QED) is 0.607. The number of rotatable bonds is 4. The van der Waals surface area contributed by atoms with Gasteiger partial charge in [-0.2, -0.15) is 0 Å². The van der Waals surface area contributed by atoms with Crippen LogP contribution in [0.15, 0.2) is 36.0 Å². The molecule has 5 nitrogen and oxygen atoms in total. The van der Waals surface area contributed by atoms with Gasteiger partial charge in [-0.05, 0) is 36.8 Å². The number of benzene rings is 1. The van der Waals surface area contributed by atoms with Crippen LogP contribution in [0.25, 0.3) is 0 Å². The Morgan fingerprint density at radius 3 is 2.46 bits per heavy atom. The maximum Gasteiger partial charge on any atom is 0.248 e. The number of carbonyl (C=O) groups excluding carboxylic acids is 2. The predicted octanol–water partition coefficient (Wildman–Crippen LogP) is 3.43. The zero-order valence-corrected chi connectivity index (χ0v) is 17.0. The van der Waals surface area contributed by atoms with Gasteiger partial charge in [0.1, 0.15) is 11.0 Å². The highest BCUT2D eigenvalue weighted by molar-refractivity contribution is 7.80. The van der Waals surface area contributed by atoms with Gasteiger partial charge in [0.05, 0.1) is 0 Å². The van der Waals surface area contributed by atoms with Gasteiger partial charge in [-0.3, -0.25) is 14.5 Å². The van der Waals surface area contributed by atoms with E-state index < -0.39 is 6.04 Å². The Hall–Kier alpha value is -1.92. The molecule has 0 spiro atoms. The van der Waals surface area contributed by atoms with Crippen molar-refractivity contribution < 1.29 is 9.59 Å². The smallest absolute Gasteiger partial charge is 0.248 e. The summed E-state index contributed by atoms with van der Waals surface area (Å²) in [6.45, 7) is 6.16. The molecule has 1 saturated heterocycles. The number of carbonyl (C=O) groups is 2. The molecule has 1 fully saturated rings. The predicted molar refractivity (Wildman–Crippen MR) is 109 cm³/mol. The molecule has 0 unspecified atom stereocenters. The summed E-state index contributed by atoms with van der Waals surface area (Å²) in [7, 11) is 1.82. The maximum absolute atomic E-state index is 12.7. The molecular weight excluding hydrogens is 370 g/mol. The number of nitrogens with one attached hydrogen (secondary N) is 2. The van der Waals surface area contributed by atoms with Gasteiger partial charge in [0, 0.05) is 35.3 Å². The van der Waals surface area contributed by atoms with E-state index in [4.69, 9.17) is 23.8 Å². The van der Waals surface area contributed by atoms with Crippen LogP contribution in [0.3, 0.4) is 0 Å². The third-order valence-electron chi connectivity index (χ3n) is 4.22. The van der Waals surface area contributed by atoms with Crippen molar-refractivity contribution in [1.82, 2.24) is 10.6 Å². The second kappa shape index (κ2) is 8.18. The number of hydrogen-bond donors (Lipinski definition) is 2. The van der Waals surface area contributed by atoms with Gasteiger partial charge in [0.2, 0.25) is 11.8 Å². The third kappa shape index (κ3) is 4.83. The van der Waals surface area contributed by atoms with E-state index in [-0.39, 0.29) is 17.2 Å². The summed E-state index contributed by atoms with van der Waals surface area (Å²) >= 11 is 11.2. The minimum absolute atomic E-state index is 0.0838. The highest BCUT2D eigenvalue weighted by atomic mass is 35.5. The summed E-state index contributed by atoms with van der Waals surface area (Å²) in [5, 5.41) is 6.43. The number of thiocarbonyl (C=S) groups is 1. The van der Waals surface area contributed by atoms with Gasteiger partial charge in [0.15, 0.2) is 0 Å². The summed E-state index contributed by atoms with van der Waals surface area (Å²) in [6, 6.07) is 6.30. The first-order chi connectivity index (χ1) is 12.1. The number of hydrogen-bond acceptors (Lipinski definition) is 4. The molecule has 1 heterocycles. The summed E-state index contributed by atoms with van der Waals surface area (Å²) in [5.74, 6) is -0.365. The van der Waals surface area contributed by atoms with Gasteiger partial charge in [-0.15, -0.1) is 0 Å². The van der Waals surface area contributed by atoms with Crippen LogP contribution < -0.4 is 15.5 Å². The Labute approximate surface area is 164 Å². The molecule has 1 atom stereocenters. The van der Waals surface area contributed by atoms with Gasteiger partial charge >= 0.3 is 0 Å². The van der Waals surface area contributed by atoms with Crippen LogP contribution in [0.5, 0.6) is 0 Å². The van der Waals surface area contributed by atoms with Crippen LogP contribution >= 0.6 is 23.8 Å². The van der Waals surface area contributed by atoms with Crippen LogP contribution in [0.4, 0.5) is 5.69 Å². The van der Waals surface area contributed by atoms with Crippen molar-refractivity contribution >= 4 is 46.3 Å². The van der Waals surface area contributed by atoms with Crippen LogP contribution in [-0.2, 0) is 9.59 Å². The number of allylic oxidation sites excluding steroid dienone is 1. The van der Waals surface area contributed by atoms with Crippen molar-refractivity contribution in [3.63, 3.8) is 0 Å². The van der Waals surface area contributed by atoms with E-state index in [1.807, 2.05) is 7.05 Å². The number of nitrogens with zero attached hydrogens (tertiary/aromatic N) is 1. The van der Waals surface area contributed by atoms with Crippen molar-refractivity contribution in [1.29, 1.82) is 0 Å². The largest absolute Gasteiger partial charge is 0.391 e. The summed E-state index contributed by atoms with van der Waals surface area (Å²) < 4.78 is 0. The second-order valence-electron chi connectivity index (χ2n) is 7.21. The number of halogens is 1. The topological polar surface area (TPSA) is 61.4 Å². The first kappa shape index (κ1) is 20.4.